The maximum atomic E-state index is 12.1. The van der Waals surface area contributed by atoms with Crippen LogP contribution >= 0.6 is 11.6 Å². The summed E-state index contributed by atoms with van der Waals surface area (Å²) >= 11 is 5.90. The van der Waals surface area contributed by atoms with Gasteiger partial charge in [0, 0.05) is 22.8 Å². The lowest BCUT2D eigenvalue weighted by Gasteiger charge is -2.12. The Morgan fingerprint density at radius 1 is 1.32 bits per heavy atom. The van der Waals surface area contributed by atoms with Crippen LogP contribution in [-0.2, 0) is 11.3 Å². The highest BCUT2D eigenvalue weighted by Gasteiger charge is 2.16. The van der Waals surface area contributed by atoms with Crippen LogP contribution in [0.4, 0.5) is 0 Å². The van der Waals surface area contributed by atoms with E-state index in [4.69, 9.17) is 16.1 Å². The minimum absolute atomic E-state index is 0.0516. The van der Waals surface area contributed by atoms with Crippen molar-refractivity contribution in [3.8, 4) is 23.0 Å². The molecular weight excluding hydrogens is 340 g/mol. The van der Waals surface area contributed by atoms with Gasteiger partial charge in [-0.15, -0.1) is 0 Å². The molecule has 0 aliphatic rings. The number of rotatable bonds is 6. The molecule has 25 heavy (non-hydrogen) atoms. The van der Waals surface area contributed by atoms with E-state index < -0.39 is 0 Å². The molecule has 0 fully saturated rings. The fourth-order valence-electron chi connectivity index (χ4n) is 2.37. The van der Waals surface area contributed by atoms with E-state index >= 15 is 0 Å². The number of carbonyl (C=O) groups excluding carboxylic acids is 1. The van der Waals surface area contributed by atoms with Crippen molar-refractivity contribution in [2.24, 2.45) is 0 Å². The molecule has 1 aromatic carbocycles. The number of carbonyl (C=O) groups is 1. The molecular formula is C18H19ClN4O2. The topological polar surface area (TPSA) is 73.0 Å². The maximum Gasteiger partial charge on any atom is 0.274 e. The Bertz CT molecular complexity index is 854. The van der Waals surface area contributed by atoms with Crippen LogP contribution < -0.4 is 5.32 Å². The molecule has 2 aromatic heterocycles. The van der Waals surface area contributed by atoms with E-state index in [0.717, 1.165) is 12.0 Å². The lowest BCUT2D eigenvalue weighted by atomic mass is 10.2. The molecule has 0 bridgehead atoms. The predicted molar refractivity (Wildman–Crippen MR) is 96.1 cm³/mol. The molecule has 1 amide bonds. The van der Waals surface area contributed by atoms with Gasteiger partial charge in [-0.05, 0) is 49.7 Å². The summed E-state index contributed by atoms with van der Waals surface area (Å²) in [5.74, 6) is 0.791. The standard InChI is InChI=1S/C18H19ClN4O2/c1-3-12(2)20-16(24)11-23-10-4-5-15(23)18-21-17(22-25-18)13-6-8-14(19)9-7-13/h4-10,12H,3,11H2,1-2H3,(H,20,24)/t12-/m0/s1. The summed E-state index contributed by atoms with van der Waals surface area (Å²) in [7, 11) is 0. The van der Waals surface area contributed by atoms with Crippen LogP contribution in [0.5, 0.6) is 0 Å². The van der Waals surface area contributed by atoms with Gasteiger partial charge < -0.3 is 14.4 Å². The first-order chi connectivity index (χ1) is 12.1. The third kappa shape index (κ3) is 4.09. The van der Waals surface area contributed by atoms with E-state index in [0.29, 0.717) is 22.4 Å². The van der Waals surface area contributed by atoms with Gasteiger partial charge in [0.25, 0.3) is 5.89 Å². The van der Waals surface area contributed by atoms with Gasteiger partial charge in [-0.25, -0.2) is 0 Å². The smallest absolute Gasteiger partial charge is 0.274 e. The van der Waals surface area contributed by atoms with Crippen molar-refractivity contribution in [2.45, 2.75) is 32.9 Å². The van der Waals surface area contributed by atoms with Crippen LogP contribution in [0.15, 0.2) is 47.1 Å². The van der Waals surface area contributed by atoms with Gasteiger partial charge in [0.05, 0.1) is 0 Å². The normalized spacial score (nSPS) is 12.1. The van der Waals surface area contributed by atoms with Crippen LogP contribution in [-0.4, -0.2) is 26.7 Å². The molecule has 0 aliphatic heterocycles. The van der Waals surface area contributed by atoms with E-state index in [-0.39, 0.29) is 18.5 Å². The number of aromatic nitrogens is 3. The number of amides is 1. The van der Waals surface area contributed by atoms with Gasteiger partial charge >= 0.3 is 0 Å². The highest BCUT2D eigenvalue weighted by molar-refractivity contribution is 6.30. The molecule has 0 aliphatic carbocycles. The molecule has 0 radical (unpaired) electrons. The van der Waals surface area contributed by atoms with E-state index in [9.17, 15) is 4.79 Å². The van der Waals surface area contributed by atoms with Crippen LogP contribution in [0, 0.1) is 0 Å². The Morgan fingerprint density at radius 3 is 2.80 bits per heavy atom. The van der Waals surface area contributed by atoms with Gasteiger partial charge in [0.15, 0.2) is 0 Å². The number of nitrogens with zero attached hydrogens (tertiary/aromatic N) is 3. The molecule has 1 atom stereocenters. The summed E-state index contributed by atoms with van der Waals surface area (Å²) in [6.07, 6.45) is 2.70. The van der Waals surface area contributed by atoms with Crippen LogP contribution in [0.3, 0.4) is 0 Å². The Morgan fingerprint density at radius 2 is 2.08 bits per heavy atom. The maximum absolute atomic E-state index is 12.1. The van der Waals surface area contributed by atoms with Crippen molar-refractivity contribution in [3.63, 3.8) is 0 Å². The summed E-state index contributed by atoms with van der Waals surface area (Å²) in [6, 6.07) is 11.0. The molecule has 0 saturated heterocycles. The second-order valence-electron chi connectivity index (χ2n) is 5.83. The van der Waals surface area contributed by atoms with E-state index in [1.165, 1.54) is 0 Å². The zero-order chi connectivity index (χ0) is 17.8. The molecule has 3 rings (SSSR count). The Balaban J connectivity index is 1.78. The van der Waals surface area contributed by atoms with Crippen molar-refractivity contribution in [1.82, 2.24) is 20.0 Å². The van der Waals surface area contributed by atoms with Crippen molar-refractivity contribution in [2.75, 3.05) is 0 Å². The quantitative estimate of drug-likeness (QED) is 0.727. The van der Waals surface area contributed by atoms with Gasteiger partial charge in [0.1, 0.15) is 12.2 Å². The molecule has 1 N–H and O–H groups in total. The summed E-state index contributed by atoms with van der Waals surface area (Å²) in [5, 5.41) is 7.60. The second kappa shape index (κ2) is 7.53. The fourth-order valence-corrected chi connectivity index (χ4v) is 2.49. The average molecular weight is 359 g/mol. The molecule has 7 heteroatoms. The largest absolute Gasteiger partial charge is 0.352 e. The summed E-state index contributed by atoms with van der Waals surface area (Å²) in [4.78, 5) is 16.5. The molecule has 2 heterocycles. The van der Waals surface area contributed by atoms with Gasteiger partial charge in [0.2, 0.25) is 11.7 Å². The SMILES string of the molecule is CC[C@H](C)NC(=O)Cn1cccc1-c1nc(-c2ccc(Cl)cc2)no1. The Labute approximate surface area is 150 Å². The molecule has 0 saturated carbocycles. The number of benzene rings is 1. The molecule has 0 unspecified atom stereocenters. The summed E-state index contributed by atoms with van der Waals surface area (Å²) in [6.45, 7) is 4.21. The van der Waals surface area contributed by atoms with Crippen molar-refractivity contribution >= 4 is 17.5 Å². The highest BCUT2D eigenvalue weighted by atomic mass is 35.5. The zero-order valence-corrected chi connectivity index (χ0v) is 14.8. The van der Waals surface area contributed by atoms with Crippen molar-refractivity contribution < 1.29 is 9.32 Å². The van der Waals surface area contributed by atoms with Gasteiger partial charge in [-0.3, -0.25) is 4.79 Å². The number of hydrogen-bond acceptors (Lipinski definition) is 4. The highest BCUT2D eigenvalue weighted by Crippen LogP contribution is 2.23. The Kier molecular flexibility index (Phi) is 5.19. The first-order valence-electron chi connectivity index (χ1n) is 8.11. The zero-order valence-electron chi connectivity index (χ0n) is 14.1. The van der Waals surface area contributed by atoms with Crippen LogP contribution in [0.2, 0.25) is 5.02 Å². The molecule has 3 aromatic rings. The lowest BCUT2D eigenvalue weighted by molar-refractivity contribution is -0.122. The second-order valence-corrected chi connectivity index (χ2v) is 6.26. The average Bonchev–Trinajstić information content (AvgIpc) is 3.24. The van der Waals surface area contributed by atoms with Crippen molar-refractivity contribution in [1.29, 1.82) is 0 Å². The first kappa shape index (κ1) is 17.2. The van der Waals surface area contributed by atoms with Crippen molar-refractivity contribution in [3.05, 3.63) is 47.6 Å². The van der Waals surface area contributed by atoms with Crippen LogP contribution in [0.1, 0.15) is 20.3 Å². The minimum atomic E-state index is -0.0516. The minimum Gasteiger partial charge on any atom is -0.352 e. The van der Waals surface area contributed by atoms with E-state index in [1.807, 2.05) is 44.3 Å². The van der Waals surface area contributed by atoms with E-state index in [1.54, 1.807) is 16.7 Å². The Hall–Kier alpha value is -2.60. The van der Waals surface area contributed by atoms with Gasteiger partial charge in [-0.2, -0.15) is 4.98 Å². The van der Waals surface area contributed by atoms with E-state index in [2.05, 4.69) is 15.5 Å². The predicted octanol–water partition coefficient (Wildman–Crippen LogP) is 3.77. The number of halogens is 1. The molecule has 0 spiro atoms. The monoisotopic (exact) mass is 358 g/mol. The molecule has 130 valence electrons. The van der Waals surface area contributed by atoms with Crippen LogP contribution in [0.25, 0.3) is 23.0 Å². The first-order valence-corrected chi connectivity index (χ1v) is 8.49. The summed E-state index contributed by atoms with van der Waals surface area (Å²) < 4.78 is 7.16. The summed E-state index contributed by atoms with van der Waals surface area (Å²) in [5.41, 5.74) is 1.51. The molecule has 6 nitrogen and oxygen atoms in total. The lowest BCUT2D eigenvalue weighted by Crippen LogP contribution is -2.34. The number of hydrogen-bond donors (Lipinski definition) is 1. The van der Waals surface area contributed by atoms with Gasteiger partial charge in [-0.1, -0.05) is 23.7 Å². The fraction of sp³-hybridized carbons (Fsp3) is 0.278. The number of nitrogens with one attached hydrogen (secondary N) is 1. The third-order valence-electron chi connectivity index (χ3n) is 3.91. The third-order valence-corrected chi connectivity index (χ3v) is 4.16.